The van der Waals surface area contributed by atoms with Crippen molar-refractivity contribution in [2.75, 3.05) is 6.54 Å². The van der Waals surface area contributed by atoms with Gasteiger partial charge in [0.05, 0.1) is 0 Å². The fourth-order valence-corrected chi connectivity index (χ4v) is 0.681. The molecule has 0 aromatic carbocycles. The third-order valence-corrected chi connectivity index (χ3v) is 1.24. The Labute approximate surface area is 58.1 Å². The van der Waals surface area contributed by atoms with Gasteiger partial charge in [-0.2, -0.15) is 14.8 Å². The summed E-state index contributed by atoms with van der Waals surface area (Å²) in [5.74, 6) is 0. The second kappa shape index (κ2) is 2.52. The normalized spacial score (nSPS) is 23.5. The topological polar surface area (TPSA) is 42.6 Å². The molecule has 0 aromatic heterocycles. The van der Waals surface area contributed by atoms with Crippen LogP contribution in [0.15, 0.2) is 5.10 Å². The molecule has 0 bridgehead atoms. The highest BCUT2D eigenvalue weighted by molar-refractivity contribution is 5.58. The lowest BCUT2D eigenvalue weighted by molar-refractivity contribution is 0.0446. The van der Waals surface area contributed by atoms with Crippen LogP contribution in [0.5, 0.6) is 0 Å². The molecular weight excluding hydrogens is 135 g/mol. The molecule has 54 valence electrons. The summed E-state index contributed by atoms with van der Waals surface area (Å²) in [6.07, 6.45) is 1.41. The van der Waals surface area contributed by atoms with E-state index in [1.165, 1.54) is 11.3 Å². The molecular formula is C5H7FN4. The molecule has 1 rings (SSSR count). The number of rotatable bonds is 1. The maximum absolute atomic E-state index is 12.8. The van der Waals surface area contributed by atoms with Crippen molar-refractivity contribution >= 4 is 6.34 Å². The molecule has 1 atom stereocenters. The maximum atomic E-state index is 12.8. The van der Waals surface area contributed by atoms with Crippen LogP contribution in [0.3, 0.4) is 0 Å². The van der Waals surface area contributed by atoms with E-state index >= 15 is 0 Å². The van der Waals surface area contributed by atoms with Gasteiger partial charge in [-0.1, -0.05) is 0 Å². The number of nitriles is 1. The van der Waals surface area contributed by atoms with Gasteiger partial charge in [0.1, 0.15) is 6.34 Å². The van der Waals surface area contributed by atoms with Gasteiger partial charge in [0, 0.05) is 6.54 Å². The molecule has 0 saturated carbocycles. The van der Waals surface area contributed by atoms with Crippen molar-refractivity contribution in [1.82, 2.24) is 9.91 Å². The minimum atomic E-state index is -1.41. The minimum Gasteiger partial charge on any atom is -0.244 e. The van der Waals surface area contributed by atoms with Gasteiger partial charge in [-0.05, 0) is 6.92 Å². The maximum Gasteiger partial charge on any atom is 0.277 e. The predicted molar refractivity (Wildman–Crippen MR) is 33.2 cm³/mol. The Morgan fingerprint density at radius 3 is 2.90 bits per heavy atom. The zero-order chi connectivity index (χ0) is 7.56. The molecule has 0 saturated heterocycles. The van der Waals surface area contributed by atoms with E-state index in [4.69, 9.17) is 5.26 Å². The molecule has 1 aliphatic heterocycles. The molecule has 10 heavy (non-hydrogen) atoms. The summed E-state index contributed by atoms with van der Waals surface area (Å²) in [5.41, 5.74) is 0. The molecule has 0 amide bonds. The van der Waals surface area contributed by atoms with Gasteiger partial charge in [0.25, 0.3) is 6.42 Å². The number of alkyl halides is 1. The molecule has 1 heterocycles. The van der Waals surface area contributed by atoms with E-state index in [9.17, 15) is 4.39 Å². The lowest BCUT2D eigenvalue weighted by Gasteiger charge is -2.16. The van der Waals surface area contributed by atoms with Gasteiger partial charge < -0.3 is 0 Å². The van der Waals surface area contributed by atoms with Crippen LogP contribution in [0.4, 0.5) is 4.39 Å². The molecule has 1 unspecified atom stereocenters. The first kappa shape index (κ1) is 6.81. The summed E-state index contributed by atoms with van der Waals surface area (Å²) >= 11 is 0. The Hall–Kier alpha value is -1.31. The van der Waals surface area contributed by atoms with Gasteiger partial charge in [-0.3, -0.25) is 0 Å². The highest BCUT2D eigenvalue weighted by Gasteiger charge is 2.25. The summed E-state index contributed by atoms with van der Waals surface area (Å²) in [7, 11) is 0. The molecule has 0 aliphatic carbocycles. The number of hydrogen-bond acceptors (Lipinski definition) is 4. The van der Waals surface area contributed by atoms with Crippen molar-refractivity contribution in [1.29, 1.82) is 5.26 Å². The Balaban J connectivity index is 2.60. The fraction of sp³-hybridized carbons (Fsp3) is 0.600. The SMILES string of the molecule is CCN1N=CN(C#N)C1F. The lowest BCUT2D eigenvalue weighted by Crippen LogP contribution is -2.32. The monoisotopic (exact) mass is 142 g/mol. The lowest BCUT2D eigenvalue weighted by atomic mass is 10.7. The van der Waals surface area contributed by atoms with Crippen LogP contribution in [0.1, 0.15) is 6.92 Å². The number of hydrogen-bond donors (Lipinski definition) is 0. The van der Waals surface area contributed by atoms with Crippen LogP contribution in [-0.2, 0) is 0 Å². The Bertz CT molecular complexity index is 185. The molecule has 1 aliphatic rings. The molecule has 0 radical (unpaired) electrons. The van der Waals surface area contributed by atoms with Crippen molar-refractivity contribution < 1.29 is 4.39 Å². The first-order valence-electron chi connectivity index (χ1n) is 2.92. The van der Waals surface area contributed by atoms with E-state index < -0.39 is 6.42 Å². The molecule has 0 fully saturated rings. The zero-order valence-corrected chi connectivity index (χ0v) is 5.53. The second-order valence-electron chi connectivity index (χ2n) is 1.80. The molecule has 0 aromatic rings. The Morgan fingerprint density at radius 1 is 1.90 bits per heavy atom. The molecule has 5 heteroatoms. The van der Waals surface area contributed by atoms with E-state index in [1.54, 1.807) is 13.1 Å². The van der Waals surface area contributed by atoms with Gasteiger partial charge in [-0.25, -0.2) is 9.91 Å². The van der Waals surface area contributed by atoms with Gasteiger partial charge in [0.2, 0.25) is 0 Å². The fourth-order valence-electron chi connectivity index (χ4n) is 0.681. The standard InChI is InChI=1S/C5H7FN4/c1-2-10-5(6)9(3-7)4-8-10/h4-5H,2H2,1H3. The average Bonchev–Trinajstić information content (AvgIpc) is 2.30. The molecule has 0 spiro atoms. The van der Waals surface area contributed by atoms with Gasteiger partial charge >= 0.3 is 0 Å². The number of hydrazone groups is 1. The first-order valence-corrected chi connectivity index (χ1v) is 2.92. The van der Waals surface area contributed by atoms with Gasteiger partial charge in [-0.15, -0.1) is 0 Å². The molecule has 4 nitrogen and oxygen atoms in total. The van der Waals surface area contributed by atoms with Crippen molar-refractivity contribution in [3.8, 4) is 6.19 Å². The van der Waals surface area contributed by atoms with Crippen molar-refractivity contribution in [3.05, 3.63) is 0 Å². The van der Waals surface area contributed by atoms with Crippen molar-refractivity contribution in [2.45, 2.75) is 13.3 Å². The van der Waals surface area contributed by atoms with Crippen LogP contribution >= 0.6 is 0 Å². The van der Waals surface area contributed by atoms with Crippen LogP contribution < -0.4 is 0 Å². The van der Waals surface area contributed by atoms with E-state index in [2.05, 4.69) is 5.10 Å². The zero-order valence-electron chi connectivity index (χ0n) is 5.53. The number of nitrogens with zero attached hydrogens (tertiary/aromatic N) is 4. The second-order valence-corrected chi connectivity index (χ2v) is 1.80. The first-order chi connectivity index (χ1) is 4.79. The summed E-state index contributed by atoms with van der Waals surface area (Å²) < 4.78 is 12.8. The number of halogens is 1. The summed E-state index contributed by atoms with van der Waals surface area (Å²) in [5, 5.41) is 13.1. The Kier molecular flexibility index (Phi) is 1.71. The van der Waals surface area contributed by atoms with Crippen LogP contribution in [-0.4, -0.2) is 29.2 Å². The largest absolute Gasteiger partial charge is 0.277 e. The average molecular weight is 142 g/mol. The third-order valence-electron chi connectivity index (χ3n) is 1.24. The highest BCUT2D eigenvalue weighted by Crippen LogP contribution is 2.10. The summed E-state index contributed by atoms with van der Waals surface area (Å²) in [6, 6.07) is 0. The van der Waals surface area contributed by atoms with Crippen LogP contribution in [0, 0.1) is 11.5 Å². The predicted octanol–water partition coefficient (Wildman–Crippen LogP) is 0.301. The summed E-state index contributed by atoms with van der Waals surface area (Å²) in [4.78, 5) is 0.851. The van der Waals surface area contributed by atoms with Crippen LogP contribution in [0.2, 0.25) is 0 Å². The molecule has 0 N–H and O–H groups in total. The Morgan fingerprint density at radius 2 is 2.60 bits per heavy atom. The van der Waals surface area contributed by atoms with E-state index in [1.807, 2.05) is 0 Å². The quantitative estimate of drug-likeness (QED) is 0.390. The summed E-state index contributed by atoms with van der Waals surface area (Å²) in [6.45, 7) is 2.24. The van der Waals surface area contributed by atoms with E-state index in [-0.39, 0.29) is 0 Å². The van der Waals surface area contributed by atoms with E-state index in [0.717, 1.165) is 4.90 Å². The van der Waals surface area contributed by atoms with E-state index in [0.29, 0.717) is 6.54 Å². The smallest absolute Gasteiger partial charge is 0.244 e. The highest BCUT2D eigenvalue weighted by atomic mass is 19.1. The third kappa shape index (κ3) is 0.880. The van der Waals surface area contributed by atoms with Gasteiger partial charge in [0.15, 0.2) is 6.19 Å². The van der Waals surface area contributed by atoms with Crippen molar-refractivity contribution in [3.63, 3.8) is 0 Å². The minimum absolute atomic E-state index is 0.468. The van der Waals surface area contributed by atoms with Crippen molar-refractivity contribution in [2.24, 2.45) is 5.10 Å². The van der Waals surface area contributed by atoms with Crippen LogP contribution in [0.25, 0.3) is 0 Å².